The summed E-state index contributed by atoms with van der Waals surface area (Å²) < 4.78 is 0. The SMILES string of the molecule is NC(CCC(=O)[O-])C(=O)NC(Cc1c[nH]c2ccccc12)C(=O)[O-].[Na+].[Na+]. The van der Waals surface area contributed by atoms with Gasteiger partial charge in [0.25, 0.3) is 0 Å². The molecule has 2 rings (SSSR count). The van der Waals surface area contributed by atoms with E-state index >= 15 is 0 Å². The Labute approximate surface area is 194 Å². The summed E-state index contributed by atoms with van der Waals surface area (Å²) in [6.45, 7) is 0. The number of carbonyl (C=O) groups is 3. The van der Waals surface area contributed by atoms with Crippen molar-refractivity contribution in [3.05, 3.63) is 36.0 Å². The van der Waals surface area contributed by atoms with Crippen LogP contribution in [0.25, 0.3) is 10.9 Å². The third-order valence-electron chi connectivity index (χ3n) is 3.70. The van der Waals surface area contributed by atoms with Crippen LogP contribution in [0.15, 0.2) is 30.5 Å². The molecule has 128 valence electrons. The Morgan fingerprint density at radius 2 is 1.81 bits per heavy atom. The molecule has 0 radical (unpaired) electrons. The van der Waals surface area contributed by atoms with Gasteiger partial charge in [-0.25, -0.2) is 0 Å². The summed E-state index contributed by atoms with van der Waals surface area (Å²) >= 11 is 0. The first-order valence-corrected chi connectivity index (χ1v) is 7.40. The van der Waals surface area contributed by atoms with Gasteiger partial charge in [0.15, 0.2) is 0 Å². The molecule has 1 aromatic heterocycles. The predicted molar refractivity (Wildman–Crippen MR) is 81.2 cm³/mol. The smallest absolute Gasteiger partial charge is 0.550 e. The molecule has 0 aliphatic rings. The first kappa shape index (κ1) is 25.1. The molecule has 0 spiro atoms. The number of carboxylic acids is 2. The van der Waals surface area contributed by atoms with Gasteiger partial charge in [-0.15, -0.1) is 0 Å². The fourth-order valence-corrected chi connectivity index (χ4v) is 2.40. The van der Waals surface area contributed by atoms with Crippen molar-refractivity contribution >= 4 is 28.7 Å². The molecule has 0 fully saturated rings. The second kappa shape index (κ2) is 11.8. The van der Waals surface area contributed by atoms with Gasteiger partial charge in [-0.2, -0.15) is 0 Å². The van der Waals surface area contributed by atoms with Crippen molar-refractivity contribution in [2.75, 3.05) is 0 Å². The fourth-order valence-electron chi connectivity index (χ4n) is 2.40. The average Bonchev–Trinajstić information content (AvgIpc) is 2.94. The van der Waals surface area contributed by atoms with Crippen LogP contribution in [-0.4, -0.2) is 34.9 Å². The van der Waals surface area contributed by atoms with E-state index in [4.69, 9.17) is 5.73 Å². The zero-order valence-electron chi connectivity index (χ0n) is 14.8. The van der Waals surface area contributed by atoms with Gasteiger partial charge in [0.1, 0.15) is 0 Å². The standard InChI is InChI=1S/C16H19N3O5.2Na/c17-11(5-6-14(20)21)15(22)19-13(16(23)24)7-9-8-18-12-4-2-1-3-10(9)12;;/h1-4,8,11,13,18H,5-7,17H2,(H,19,22)(H,20,21)(H,23,24);;/q;2*+1/p-2. The number of nitrogens with one attached hydrogen (secondary N) is 2. The largest absolute Gasteiger partial charge is 1.00 e. The molecule has 0 saturated carbocycles. The van der Waals surface area contributed by atoms with E-state index in [0.29, 0.717) is 5.56 Å². The zero-order valence-corrected chi connectivity index (χ0v) is 18.8. The van der Waals surface area contributed by atoms with Crippen LogP contribution in [0.4, 0.5) is 0 Å². The summed E-state index contributed by atoms with van der Waals surface area (Å²) in [4.78, 5) is 36.6. The minimum Gasteiger partial charge on any atom is -0.550 e. The first-order chi connectivity index (χ1) is 11.4. The minimum atomic E-state index is -1.44. The number of aromatic amines is 1. The van der Waals surface area contributed by atoms with Gasteiger partial charge in [-0.05, 0) is 24.5 Å². The average molecular weight is 377 g/mol. The number of carboxylic acid groups (broad SMARTS) is 2. The number of nitrogens with two attached hydrogens (primary N) is 1. The number of para-hydroxylation sites is 1. The molecule has 1 heterocycles. The van der Waals surface area contributed by atoms with Crippen molar-refractivity contribution in [2.24, 2.45) is 5.73 Å². The topological polar surface area (TPSA) is 151 Å². The van der Waals surface area contributed by atoms with Crippen LogP contribution < -0.4 is 80.4 Å². The van der Waals surface area contributed by atoms with Crippen molar-refractivity contribution in [1.82, 2.24) is 10.3 Å². The number of hydrogen-bond acceptors (Lipinski definition) is 6. The number of carbonyl (C=O) groups excluding carboxylic acids is 3. The van der Waals surface area contributed by atoms with Gasteiger partial charge < -0.3 is 35.8 Å². The second-order valence-corrected chi connectivity index (χ2v) is 5.46. The van der Waals surface area contributed by atoms with E-state index in [1.165, 1.54) is 0 Å². The van der Waals surface area contributed by atoms with Gasteiger partial charge in [0.05, 0.1) is 18.1 Å². The summed E-state index contributed by atoms with van der Waals surface area (Å²) in [5.74, 6) is -3.51. The number of aromatic nitrogens is 1. The Hall–Kier alpha value is -0.870. The molecule has 2 atom stereocenters. The summed E-state index contributed by atoms with van der Waals surface area (Å²) in [6.07, 6.45) is 1.17. The molecule has 2 aromatic rings. The minimum absolute atomic E-state index is 0. The van der Waals surface area contributed by atoms with E-state index in [9.17, 15) is 24.6 Å². The number of H-pyrrole nitrogens is 1. The van der Waals surface area contributed by atoms with Gasteiger partial charge >= 0.3 is 59.1 Å². The van der Waals surface area contributed by atoms with Crippen molar-refractivity contribution in [1.29, 1.82) is 0 Å². The van der Waals surface area contributed by atoms with Crippen LogP contribution in [0, 0.1) is 0 Å². The number of fused-ring (bicyclic) bond motifs is 1. The molecule has 0 saturated heterocycles. The maximum absolute atomic E-state index is 11.9. The maximum Gasteiger partial charge on any atom is 1.00 e. The fraction of sp³-hybridized carbons (Fsp3) is 0.312. The quantitative estimate of drug-likeness (QED) is 0.389. The van der Waals surface area contributed by atoms with Gasteiger partial charge in [0, 0.05) is 29.5 Å². The first-order valence-electron chi connectivity index (χ1n) is 7.40. The zero-order chi connectivity index (χ0) is 17.7. The van der Waals surface area contributed by atoms with Crippen LogP contribution in [0.1, 0.15) is 18.4 Å². The number of benzene rings is 1. The van der Waals surface area contributed by atoms with Crippen LogP contribution >= 0.6 is 0 Å². The summed E-state index contributed by atoms with van der Waals surface area (Å²) in [5, 5.41) is 24.8. The van der Waals surface area contributed by atoms with Crippen molar-refractivity contribution in [2.45, 2.75) is 31.3 Å². The predicted octanol–water partition coefficient (Wildman–Crippen LogP) is -8.19. The van der Waals surface area contributed by atoms with E-state index in [1.54, 1.807) is 6.20 Å². The van der Waals surface area contributed by atoms with Crippen LogP contribution in [0.3, 0.4) is 0 Å². The molecule has 0 aliphatic carbocycles. The normalized spacial score (nSPS) is 12.3. The van der Waals surface area contributed by atoms with Gasteiger partial charge in [-0.1, -0.05) is 18.2 Å². The van der Waals surface area contributed by atoms with E-state index in [2.05, 4.69) is 10.3 Å². The summed E-state index contributed by atoms with van der Waals surface area (Å²) in [7, 11) is 0. The summed E-state index contributed by atoms with van der Waals surface area (Å²) in [6, 6.07) is 4.94. The number of hydrogen-bond donors (Lipinski definition) is 3. The monoisotopic (exact) mass is 377 g/mol. The van der Waals surface area contributed by atoms with Crippen LogP contribution in [0.5, 0.6) is 0 Å². The molecule has 0 bridgehead atoms. The molecule has 8 nitrogen and oxygen atoms in total. The third kappa shape index (κ3) is 7.03. The Bertz CT molecular complexity index is 765. The second-order valence-electron chi connectivity index (χ2n) is 5.46. The molecule has 1 aromatic carbocycles. The Kier molecular flexibility index (Phi) is 11.4. The molecular weight excluding hydrogens is 360 g/mol. The van der Waals surface area contributed by atoms with Crippen molar-refractivity contribution in [3.8, 4) is 0 Å². The van der Waals surface area contributed by atoms with E-state index < -0.39 is 29.9 Å². The van der Waals surface area contributed by atoms with E-state index in [1.807, 2.05) is 24.3 Å². The Morgan fingerprint density at radius 1 is 1.15 bits per heavy atom. The number of amides is 1. The van der Waals surface area contributed by atoms with E-state index in [-0.39, 0.29) is 78.4 Å². The van der Waals surface area contributed by atoms with Gasteiger partial charge in [0.2, 0.25) is 5.91 Å². The summed E-state index contributed by atoms with van der Waals surface area (Å²) in [5.41, 5.74) is 7.12. The Morgan fingerprint density at radius 3 is 2.42 bits per heavy atom. The van der Waals surface area contributed by atoms with Gasteiger partial charge in [-0.3, -0.25) is 4.79 Å². The van der Waals surface area contributed by atoms with Crippen molar-refractivity contribution < 1.29 is 83.7 Å². The Balaban J connectivity index is 0.00000312. The molecule has 4 N–H and O–H groups in total. The molecular formula is C16H17N3Na2O5. The molecule has 1 amide bonds. The number of rotatable bonds is 8. The molecule has 0 aliphatic heterocycles. The molecule has 10 heteroatoms. The molecule has 26 heavy (non-hydrogen) atoms. The van der Waals surface area contributed by atoms with E-state index in [0.717, 1.165) is 10.9 Å². The third-order valence-corrected chi connectivity index (χ3v) is 3.70. The van der Waals surface area contributed by atoms with Crippen LogP contribution in [0.2, 0.25) is 0 Å². The van der Waals surface area contributed by atoms with Crippen LogP contribution in [-0.2, 0) is 20.8 Å². The van der Waals surface area contributed by atoms with Crippen molar-refractivity contribution in [3.63, 3.8) is 0 Å². The maximum atomic E-state index is 11.9. The molecule has 2 unspecified atom stereocenters. The number of aliphatic carboxylic acids is 2.